The largest absolute Gasteiger partial charge is 0.497 e. The Bertz CT molecular complexity index is 1300. The molecule has 11 heteroatoms. The molecule has 2 heterocycles. The number of pyridine rings is 1. The first kappa shape index (κ1) is 25.0. The molecule has 0 aliphatic rings. The quantitative estimate of drug-likeness (QED) is 0.210. The van der Waals surface area contributed by atoms with Crippen LogP contribution in [0.15, 0.2) is 66.2 Å². The van der Waals surface area contributed by atoms with Crippen molar-refractivity contribution < 1.29 is 22.6 Å². The summed E-state index contributed by atoms with van der Waals surface area (Å²) in [6.45, 7) is 0.581. The third-order valence-electron chi connectivity index (χ3n) is 4.94. The standard InChI is InChI=1S/C24H20F3IN4O2S/c1-32(13-15-7-9-17(33-2)10-8-15)16-11-19(30-23-31-21(14-35-23)24(25,26)27)22(29-12-16)34-20-6-4-3-5-18(20)28/h3-12,14H,13H2,1-2H3,(H,30,31). The minimum Gasteiger partial charge on any atom is -0.497 e. The topological polar surface area (TPSA) is 59.5 Å². The number of thiazole rings is 1. The van der Waals surface area contributed by atoms with Crippen molar-refractivity contribution in [1.29, 1.82) is 0 Å². The minimum atomic E-state index is -4.52. The Morgan fingerprint density at radius 2 is 1.86 bits per heavy atom. The number of ether oxygens (including phenoxy) is 2. The molecule has 0 amide bonds. The molecule has 0 bridgehead atoms. The van der Waals surface area contributed by atoms with E-state index in [2.05, 4.69) is 37.9 Å². The average molecular weight is 612 g/mol. The van der Waals surface area contributed by atoms with Crippen LogP contribution >= 0.6 is 33.9 Å². The number of hydrogen-bond acceptors (Lipinski definition) is 7. The fourth-order valence-electron chi connectivity index (χ4n) is 3.13. The van der Waals surface area contributed by atoms with Gasteiger partial charge in [-0.3, -0.25) is 0 Å². The molecule has 0 radical (unpaired) electrons. The van der Waals surface area contributed by atoms with Crippen LogP contribution in [-0.4, -0.2) is 24.1 Å². The zero-order valence-corrected chi connectivity index (χ0v) is 21.6. The summed E-state index contributed by atoms with van der Waals surface area (Å²) in [6, 6.07) is 16.9. The Labute approximate surface area is 217 Å². The summed E-state index contributed by atoms with van der Waals surface area (Å²) in [7, 11) is 3.51. The van der Waals surface area contributed by atoms with Gasteiger partial charge in [0.25, 0.3) is 0 Å². The molecular formula is C24H20F3IN4O2S. The van der Waals surface area contributed by atoms with Gasteiger partial charge in [-0.2, -0.15) is 13.2 Å². The Balaban J connectivity index is 1.63. The summed E-state index contributed by atoms with van der Waals surface area (Å²) in [6.07, 6.45) is -2.86. The molecule has 0 unspecified atom stereocenters. The fraction of sp³-hybridized carbons (Fsp3) is 0.167. The Kier molecular flexibility index (Phi) is 7.65. The molecule has 2 aromatic carbocycles. The van der Waals surface area contributed by atoms with Crippen LogP contribution in [0.2, 0.25) is 0 Å². The van der Waals surface area contributed by atoms with Crippen molar-refractivity contribution in [2.75, 3.05) is 24.4 Å². The molecule has 4 aromatic rings. The fourth-order valence-corrected chi connectivity index (χ4v) is 4.35. The molecular weight excluding hydrogens is 592 g/mol. The lowest BCUT2D eigenvalue weighted by atomic mass is 10.2. The van der Waals surface area contributed by atoms with Crippen LogP contribution in [0.3, 0.4) is 0 Å². The Hall–Kier alpha value is -3.06. The van der Waals surface area contributed by atoms with Crippen LogP contribution in [0.5, 0.6) is 17.4 Å². The summed E-state index contributed by atoms with van der Waals surface area (Å²) < 4.78 is 51.2. The number of methoxy groups -OCH3 is 1. The maximum Gasteiger partial charge on any atom is 0.434 e. The van der Waals surface area contributed by atoms with Gasteiger partial charge in [-0.25, -0.2) is 9.97 Å². The number of nitrogens with one attached hydrogen (secondary N) is 1. The van der Waals surface area contributed by atoms with Crippen LogP contribution in [0, 0.1) is 3.57 Å². The molecule has 35 heavy (non-hydrogen) atoms. The summed E-state index contributed by atoms with van der Waals surface area (Å²) in [4.78, 5) is 10.1. The van der Waals surface area contributed by atoms with Crippen LogP contribution < -0.4 is 19.7 Å². The van der Waals surface area contributed by atoms with Crippen molar-refractivity contribution in [3.05, 3.63) is 81.0 Å². The predicted octanol–water partition coefficient (Wildman–Crippen LogP) is 7.34. The monoisotopic (exact) mass is 612 g/mol. The van der Waals surface area contributed by atoms with E-state index in [1.807, 2.05) is 54.4 Å². The van der Waals surface area contributed by atoms with Gasteiger partial charge >= 0.3 is 6.18 Å². The third-order valence-corrected chi connectivity index (χ3v) is 6.58. The maximum absolute atomic E-state index is 13.0. The lowest BCUT2D eigenvalue weighted by molar-refractivity contribution is -0.140. The highest BCUT2D eigenvalue weighted by Gasteiger charge is 2.33. The number of hydrogen-bond donors (Lipinski definition) is 1. The van der Waals surface area contributed by atoms with E-state index < -0.39 is 11.9 Å². The van der Waals surface area contributed by atoms with E-state index in [0.717, 1.165) is 37.3 Å². The smallest absolute Gasteiger partial charge is 0.434 e. The van der Waals surface area contributed by atoms with E-state index in [9.17, 15) is 13.2 Å². The molecule has 0 atom stereocenters. The number of aromatic nitrogens is 2. The van der Waals surface area contributed by atoms with E-state index in [4.69, 9.17) is 9.47 Å². The maximum atomic E-state index is 13.0. The highest BCUT2D eigenvalue weighted by molar-refractivity contribution is 14.1. The van der Waals surface area contributed by atoms with Gasteiger partial charge in [0.1, 0.15) is 17.2 Å². The normalized spacial score (nSPS) is 11.3. The Morgan fingerprint density at radius 3 is 2.51 bits per heavy atom. The zero-order valence-electron chi connectivity index (χ0n) is 18.6. The van der Waals surface area contributed by atoms with Crippen LogP contribution in [0.25, 0.3) is 0 Å². The molecule has 0 saturated heterocycles. The number of nitrogens with zero attached hydrogens (tertiary/aromatic N) is 3. The lowest BCUT2D eigenvalue weighted by Gasteiger charge is -2.21. The third kappa shape index (κ3) is 6.34. The Morgan fingerprint density at radius 1 is 1.11 bits per heavy atom. The van der Waals surface area contributed by atoms with Gasteiger partial charge < -0.3 is 19.7 Å². The predicted molar refractivity (Wildman–Crippen MR) is 139 cm³/mol. The number of para-hydroxylation sites is 1. The summed E-state index contributed by atoms with van der Waals surface area (Å²) in [5.74, 6) is 1.57. The molecule has 0 aliphatic carbocycles. The van der Waals surface area contributed by atoms with Crippen molar-refractivity contribution in [3.63, 3.8) is 0 Å². The molecule has 2 aromatic heterocycles. The SMILES string of the molecule is COc1ccc(CN(C)c2cnc(Oc3ccccc3I)c(Nc3nc(C(F)(F)F)cs3)c2)cc1. The molecule has 6 nitrogen and oxygen atoms in total. The van der Waals surface area contributed by atoms with E-state index in [1.165, 1.54) is 0 Å². The molecule has 0 spiro atoms. The van der Waals surface area contributed by atoms with Gasteiger partial charge in [-0.05, 0) is 58.5 Å². The highest BCUT2D eigenvalue weighted by Crippen LogP contribution is 2.37. The molecule has 0 aliphatic heterocycles. The summed E-state index contributed by atoms with van der Waals surface area (Å²) >= 11 is 3.00. The highest BCUT2D eigenvalue weighted by atomic mass is 127. The number of benzene rings is 2. The van der Waals surface area contributed by atoms with Crippen LogP contribution in [0.4, 0.5) is 29.7 Å². The van der Waals surface area contributed by atoms with Crippen molar-refractivity contribution in [2.45, 2.75) is 12.7 Å². The van der Waals surface area contributed by atoms with Crippen molar-refractivity contribution in [2.24, 2.45) is 0 Å². The average Bonchev–Trinajstić information content (AvgIpc) is 3.31. The minimum absolute atomic E-state index is 0.0849. The van der Waals surface area contributed by atoms with Crippen molar-refractivity contribution in [1.82, 2.24) is 9.97 Å². The van der Waals surface area contributed by atoms with E-state index in [-0.39, 0.29) is 11.0 Å². The first-order valence-electron chi connectivity index (χ1n) is 10.3. The van der Waals surface area contributed by atoms with Gasteiger partial charge in [0.05, 0.1) is 22.6 Å². The number of rotatable bonds is 8. The molecule has 1 N–H and O–H groups in total. The molecule has 0 fully saturated rings. The molecule has 182 valence electrons. The summed E-state index contributed by atoms with van der Waals surface area (Å²) in [5, 5.41) is 4.01. The van der Waals surface area contributed by atoms with Crippen molar-refractivity contribution >= 4 is 50.4 Å². The lowest BCUT2D eigenvalue weighted by Crippen LogP contribution is -2.17. The first-order valence-corrected chi connectivity index (χ1v) is 12.2. The molecule has 4 rings (SSSR count). The number of halogens is 4. The number of alkyl halides is 3. The zero-order chi connectivity index (χ0) is 25.0. The van der Waals surface area contributed by atoms with Crippen LogP contribution in [-0.2, 0) is 12.7 Å². The second kappa shape index (κ2) is 10.7. The summed E-state index contributed by atoms with van der Waals surface area (Å²) in [5.41, 5.74) is 1.24. The first-order chi connectivity index (χ1) is 16.7. The van der Waals surface area contributed by atoms with Gasteiger partial charge in [0.2, 0.25) is 5.88 Å². The van der Waals surface area contributed by atoms with E-state index in [0.29, 0.717) is 18.0 Å². The number of anilines is 3. The second-order valence-electron chi connectivity index (χ2n) is 7.44. The second-order valence-corrected chi connectivity index (χ2v) is 9.46. The van der Waals surface area contributed by atoms with Gasteiger partial charge in [0, 0.05) is 19.0 Å². The van der Waals surface area contributed by atoms with E-state index >= 15 is 0 Å². The van der Waals surface area contributed by atoms with Gasteiger partial charge in [-0.1, -0.05) is 24.3 Å². The van der Waals surface area contributed by atoms with Gasteiger partial charge in [0.15, 0.2) is 10.8 Å². The van der Waals surface area contributed by atoms with Crippen molar-refractivity contribution in [3.8, 4) is 17.4 Å². The molecule has 0 saturated carbocycles. The van der Waals surface area contributed by atoms with Gasteiger partial charge in [-0.15, -0.1) is 11.3 Å². The van der Waals surface area contributed by atoms with E-state index in [1.54, 1.807) is 25.4 Å². The van der Waals surface area contributed by atoms with Crippen LogP contribution in [0.1, 0.15) is 11.3 Å².